The minimum atomic E-state index is -0.462. The predicted molar refractivity (Wildman–Crippen MR) is 109 cm³/mol. The largest absolute Gasteiger partial charge is 0.484 e. The fourth-order valence-corrected chi connectivity index (χ4v) is 4.23. The van der Waals surface area contributed by atoms with Crippen molar-refractivity contribution in [2.24, 2.45) is 0 Å². The fraction of sp³-hybridized carbons (Fsp3) is 0.158. The quantitative estimate of drug-likeness (QED) is 0.524. The summed E-state index contributed by atoms with van der Waals surface area (Å²) < 4.78 is 10.6. The zero-order valence-electron chi connectivity index (χ0n) is 14.4. The van der Waals surface area contributed by atoms with E-state index in [0.717, 1.165) is 10.4 Å². The van der Waals surface area contributed by atoms with Gasteiger partial charge in [0.05, 0.1) is 6.61 Å². The van der Waals surface area contributed by atoms with Crippen LogP contribution < -0.4 is 10.1 Å². The van der Waals surface area contributed by atoms with Crippen molar-refractivity contribution >= 4 is 51.2 Å². The molecular weight excluding hydrogens is 406 g/mol. The van der Waals surface area contributed by atoms with E-state index in [-0.39, 0.29) is 19.1 Å². The van der Waals surface area contributed by atoms with Gasteiger partial charge in [0.25, 0.3) is 5.91 Å². The van der Waals surface area contributed by atoms with E-state index in [9.17, 15) is 9.59 Å². The topological polar surface area (TPSA) is 64.6 Å². The molecule has 140 valence electrons. The molecule has 1 aromatic carbocycles. The zero-order valence-corrected chi connectivity index (χ0v) is 16.7. The summed E-state index contributed by atoms with van der Waals surface area (Å²) in [6, 6.07) is 10.6. The number of hydrogen-bond donors (Lipinski definition) is 1. The lowest BCUT2D eigenvalue weighted by Gasteiger charge is -2.09. The molecule has 0 radical (unpaired) electrons. The Morgan fingerprint density at radius 1 is 1.15 bits per heavy atom. The lowest BCUT2D eigenvalue weighted by atomic mass is 10.1. The average molecular weight is 422 g/mol. The van der Waals surface area contributed by atoms with Gasteiger partial charge in [-0.15, -0.1) is 22.7 Å². The number of ether oxygens (including phenoxy) is 2. The first-order chi connectivity index (χ1) is 13.1. The minimum absolute atomic E-state index is 0.184. The Balaban J connectivity index is 1.74. The third-order valence-electron chi connectivity index (χ3n) is 3.49. The van der Waals surface area contributed by atoms with Crippen LogP contribution in [-0.4, -0.2) is 25.1 Å². The molecule has 27 heavy (non-hydrogen) atoms. The Labute approximate surface area is 169 Å². The normalized spacial score (nSPS) is 10.4. The number of carbonyl (C=O) groups is 2. The molecule has 2 heterocycles. The second kappa shape index (κ2) is 9.03. The Bertz CT molecular complexity index is 920. The van der Waals surface area contributed by atoms with Crippen molar-refractivity contribution in [1.82, 2.24) is 0 Å². The van der Waals surface area contributed by atoms with Gasteiger partial charge in [-0.05, 0) is 42.6 Å². The molecule has 0 saturated carbocycles. The highest BCUT2D eigenvalue weighted by Gasteiger charge is 2.23. The predicted octanol–water partition coefficient (Wildman–Crippen LogP) is 5.32. The van der Waals surface area contributed by atoms with Crippen molar-refractivity contribution in [3.63, 3.8) is 0 Å². The Kier molecular flexibility index (Phi) is 6.49. The molecule has 0 aliphatic carbocycles. The molecule has 3 aromatic rings. The van der Waals surface area contributed by atoms with E-state index >= 15 is 0 Å². The maximum atomic E-state index is 12.4. The van der Waals surface area contributed by atoms with E-state index in [1.165, 1.54) is 22.7 Å². The first-order valence-electron chi connectivity index (χ1n) is 8.09. The second-order valence-corrected chi connectivity index (χ2v) is 7.61. The molecule has 0 aliphatic rings. The number of esters is 1. The van der Waals surface area contributed by atoms with Crippen LogP contribution in [0.15, 0.2) is 47.2 Å². The van der Waals surface area contributed by atoms with E-state index in [1.807, 2.05) is 22.9 Å². The van der Waals surface area contributed by atoms with Gasteiger partial charge in [0.15, 0.2) is 6.61 Å². The Morgan fingerprint density at radius 3 is 2.59 bits per heavy atom. The van der Waals surface area contributed by atoms with Crippen LogP contribution in [0, 0.1) is 0 Å². The van der Waals surface area contributed by atoms with Gasteiger partial charge >= 0.3 is 5.97 Å². The van der Waals surface area contributed by atoms with Gasteiger partial charge in [-0.3, -0.25) is 4.79 Å². The van der Waals surface area contributed by atoms with Crippen LogP contribution in [0.4, 0.5) is 5.00 Å². The summed E-state index contributed by atoms with van der Waals surface area (Å²) in [6.07, 6.45) is 0. The van der Waals surface area contributed by atoms with E-state index < -0.39 is 5.97 Å². The number of nitrogens with one attached hydrogen (secondary N) is 1. The Morgan fingerprint density at radius 2 is 1.93 bits per heavy atom. The van der Waals surface area contributed by atoms with Gasteiger partial charge in [0, 0.05) is 20.8 Å². The molecule has 8 heteroatoms. The van der Waals surface area contributed by atoms with Crippen LogP contribution in [0.3, 0.4) is 0 Å². The van der Waals surface area contributed by atoms with Crippen LogP contribution in [0.1, 0.15) is 17.3 Å². The summed E-state index contributed by atoms with van der Waals surface area (Å²) in [5, 5.41) is 7.55. The molecule has 1 amide bonds. The van der Waals surface area contributed by atoms with Crippen LogP contribution in [0.25, 0.3) is 10.4 Å². The lowest BCUT2D eigenvalue weighted by Crippen LogP contribution is -2.21. The summed E-state index contributed by atoms with van der Waals surface area (Å²) in [7, 11) is 0. The molecular formula is C19H16ClNO4S2. The molecule has 3 rings (SSSR count). The van der Waals surface area contributed by atoms with Gasteiger partial charge in [-0.1, -0.05) is 17.7 Å². The number of halogens is 1. The number of anilines is 1. The number of amides is 1. The molecule has 0 spiro atoms. The highest BCUT2D eigenvalue weighted by Crippen LogP contribution is 2.38. The van der Waals surface area contributed by atoms with Crippen molar-refractivity contribution in [2.45, 2.75) is 6.92 Å². The first kappa shape index (κ1) is 19.4. The molecule has 0 unspecified atom stereocenters. The van der Waals surface area contributed by atoms with Gasteiger partial charge in [-0.2, -0.15) is 0 Å². The van der Waals surface area contributed by atoms with Gasteiger partial charge in [0.2, 0.25) is 0 Å². The summed E-state index contributed by atoms with van der Waals surface area (Å²) in [5.74, 6) is -0.295. The number of hydrogen-bond acceptors (Lipinski definition) is 6. The summed E-state index contributed by atoms with van der Waals surface area (Å²) in [5.41, 5.74) is 1.12. The molecule has 0 fully saturated rings. The van der Waals surface area contributed by atoms with Crippen LogP contribution in [0.5, 0.6) is 5.75 Å². The molecule has 0 atom stereocenters. The highest BCUT2D eigenvalue weighted by molar-refractivity contribution is 7.17. The number of thiophene rings is 2. The number of rotatable bonds is 7. The molecule has 0 bridgehead atoms. The second-order valence-electron chi connectivity index (χ2n) is 5.34. The zero-order chi connectivity index (χ0) is 19.2. The summed E-state index contributed by atoms with van der Waals surface area (Å²) >= 11 is 8.62. The minimum Gasteiger partial charge on any atom is -0.484 e. The molecule has 2 aromatic heterocycles. The van der Waals surface area contributed by atoms with Crippen molar-refractivity contribution in [3.8, 4) is 16.2 Å². The van der Waals surface area contributed by atoms with Crippen molar-refractivity contribution in [1.29, 1.82) is 0 Å². The highest BCUT2D eigenvalue weighted by atomic mass is 35.5. The van der Waals surface area contributed by atoms with Gasteiger partial charge < -0.3 is 14.8 Å². The standard InChI is InChI=1S/C19H16ClNO4S2/c1-2-24-19(23)17-14(15-4-3-9-26-15)11-27-18(17)21-16(22)10-25-13-7-5-12(20)6-8-13/h3-9,11H,2,10H2,1H3,(H,21,22). The molecule has 0 saturated heterocycles. The molecule has 1 N–H and O–H groups in total. The third kappa shape index (κ3) is 4.88. The van der Waals surface area contributed by atoms with Crippen LogP contribution in [0.2, 0.25) is 5.02 Å². The monoisotopic (exact) mass is 421 g/mol. The number of benzene rings is 1. The van der Waals surface area contributed by atoms with Crippen molar-refractivity contribution < 1.29 is 19.1 Å². The molecule has 5 nitrogen and oxygen atoms in total. The van der Waals surface area contributed by atoms with Crippen LogP contribution >= 0.6 is 34.3 Å². The molecule has 0 aliphatic heterocycles. The average Bonchev–Trinajstić information content (AvgIpc) is 3.31. The Hall–Kier alpha value is -2.35. The van der Waals surface area contributed by atoms with Crippen molar-refractivity contribution in [2.75, 3.05) is 18.5 Å². The van der Waals surface area contributed by atoms with E-state index in [2.05, 4.69) is 5.32 Å². The first-order valence-corrected chi connectivity index (χ1v) is 10.2. The van der Waals surface area contributed by atoms with Gasteiger partial charge in [-0.25, -0.2) is 4.79 Å². The van der Waals surface area contributed by atoms with Crippen LogP contribution in [-0.2, 0) is 9.53 Å². The SMILES string of the molecule is CCOC(=O)c1c(-c2cccs2)csc1NC(=O)COc1ccc(Cl)cc1. The maximum Gasteiger partial charge on any atom is 0.341 e. The fourth-order valence-electron chi connectivity index (χ4n) is 2.31. The summed E-state index contributed by atoms with van der Waals surface area (Å²) in [4.78, 5) is 25.6. The van der Waals surface area contributed by atoms with E-state index in [4.69, 9.17) is 21.1 Å². The summed E-state index contributed by atoms with van der Waals surface area (Å²) in [6.45, 7) is 1.81. The number of carbonyl (C=O) groups excluding carboxylic acids is 2. The van der Waals surface area contributed by atoms with Gasteiger partial charge in [0.1, 0.15) is 16.3 Å². The lowest BCUT2D eigenvalue weighted by molar-refractivity contribution is -0.118. The third-order valence-corrected chi connectivity index (χ3v) is 5.54. The van der Waals surface area contributed by atoms with E-state index in [0.29, 0.717) is 21.3 Å². The van der Waals surface area contributed by atoms with Crippen molar-refractivity contribution in [3.05, 3.63) is 57.7 Å². The smallest absolute Gasteiger partial charge is 0.341 e. The maximum absolute atomic E-state index is 12.4. The van der Waals surface area contributed by atoms with E-state index in [1.54, 1.807) is 31.2 Å².